The van der Waals surface area contributed by atoms with Crippen LogP contribution in [0.25, 0.3) is 0 Å². The lowest BCUT2D eigenvalue weighted by molar-refractivity contribution is 0.598. The van der Waals surface area contributed by atoms with Crippen LogP contribution in [0.1, 0.15) is 11.1 Å². The molecule has 8 heteroatoms. The Morgan fingerprint density at radius 2 is 1.68 bits per heavy atom. The molecule has 0 atom stereocenters. The molecule has 162 valence electrons. The maximum Gasteiger partial charge on any atom is 0.240 e. The second-order valence-electron chi connectivity index (χ2n) is 6.95. The maximum atomic E-state index is 12.5. The summed E-state index contributed by atoms with van der Waals surface area (Å²) < 4.78 is 24.9. The molecule has 0 bridgehead atoms. The summed E-state index contributed by atoms with van der Waals surface area (Å²) in [6.45, 7) is 5.27. The lowest BCUT2D eigenvalue weighted by atomic mass is 10.1. The molecule has 0 saturated carbocycles. The first-order valence-corrected chi connectivity index (χ1v) is 11.6. The normalized spacial score (nSPS) is 11.2. The van der Waals surface area contributed by atoms with Gasteiger partial charge in [-0.3, -0.25) is 0 Å². The summed E-state index contributed by atoms with van der Waals surface area (Å²) in [6.07, 6.45) is 1.74. The highest BCUT2D eigenvalue weighted by molar-refractivity contribution is 7.89. The SMILES string of the molecule is C=CCNCc1cc(NCc2ccccc2)c(Nc2ccc(Cl)cc2)c(S(N)(=O)=O)c1. The van der Waals surface area contributed by atoms with Gasteiger partial charge >= 0.3 is 0 Å². The first-order valence-electron chi connectivity index (χ1n) is 9.68. The molecule has 0 unspecified atom stereocenters. The predicted molar refractivity (Wildman–Crippen MR) is 128 cm³/mol. The van der Waals surface area contributed by atoms with E-state index in [1.165, 1.54) is 0 Å². The fraction of sp³-hybridized carbons (Fsp3) is 0.130. The minimum atomic E-state index is -4.00. The molecule has 3 aromatic rings. The summed E-state index contributed by atoms with van der Waals surface area (Å²) in [7, 11) is -4.00. The highest BCUT2D eigenvalue weighted by Gasteiger charge is 2.20. The second kappa shape index (κ2) is 10.5. The molecular weight excluding hydrogens is 432 g/mol. The van der Waals surface area contributed by atoms with Crippen LogP contribution in [-0.4, -0.2) is 15.0 Å². The van der Waals surface area contributed by atoms with Gasteiger partial charge in [-0.15, -0.1) is 6.58 Å². The van der Waals surface area contributed by atoms with Crippen molar-refractivity contribution in [2.75, 3.05) is 17.2 Å². The summed E-state index contributed by atoms with van der Waals surface area (Å²) in [4.78, 5) is 0.0101. The van der Waals surface area contributed by atoms with Gasteiger partial charge in [0, 0.05) is 30.3 Å². The molecule has 0 heterocycles. The zero-order chi connectivity index (χ0) is 22.3. The summed E-state index contributed by atoms with van der Waals surface area (Å²) >= 11 is 5.98. The van der Waals surface area contributed by atoms with Crippen molar-refractivity contribution < 1.29 is 8.42 Å². The Morgan fingerprint density at radius 1 is 0.968 bits per heavy atom. The van der Waals surface area contributed by atoms with Gasteiger partial charge in [0.2, 0.25) is 10.0 Å². The van der Waals surface area contributed by atoms with E-state index in [2.05, 4.69) is 22.5 Å². The summed E-state index contributed by atoms with van der Waals surface area (Å²) in [5, 5.41) is 15.9. The molecule has 5 N–H and O–H groups in total. The number of halogens is 1. The molecule has 3 rings (SSSR count). The quantitative estimate of drug-likeness (QED) is 0.264. The van der Waals surface area contributed by atoms with E-state index in [0.29, 0.717) is 41.7 Å². The predicted octanol–water partition coefficient (Wildman–Crippen LogP) is 4.62. The zero-order valence-electron chi connectivity index (χ0n) is 16.9. The molecule has 0 radical (unpaired) electrons. The number of hydrogen-bond donors (Lipinski definition) is 4. The number of hydrogen-bond acceptors (Lipinski definition) is 5. The minimum Gasteiger partial charge on any atom is -0.379 e. The van der Waals surface area contributed by atoms with Gasteiger partial charge in [-0.25, -0.2) is 13.6 Å². The topological polar surface area (TPSA) is 96.2 Å². The van der Waals surface area contributed by atoms with Gasteiger partial charge in [0.25, 0.3) is 0 Å². The molecule has 6 nitrogen and oxygen atoms in total. The molecule has 0 amide bonds. The van der Waals surface area contributed by atoms with Crippen LogP contribution in [0.3, 0.4) is 0 Å². The Kier molecular flexibility index (Phi) is 7.70. The highest BCUT2D eigenvalue weighted by Crippen LogP contribution is 2.34. The molecule has 31 heavy (non-hydrogen) atoms. The second-order valence-corrected chi connectivity index (χ2v) is 8.92. The Balaban J connectivity index is 2.03. The van der Waals surface area contributed by atoms with Crippen molar-refractivity contribution in [3.63, 3.8) is 0 Å². The minimum absolute atomic E-state index is 0.0101. The highest BCUT2D eigenvalue weighted by atomic mass is 35.5. The average molecular weight is 457 g/mol. The maximum absolute atomic E-state index is 12.5. The monoisotopic (exact) mass is 456 g/mol. The van der Waals surface area contributed by atoms with Gasteiger partial charge in [0.1, 0.15) is 4.90 Å². The van der Waals surface area contributed by atoms with Crippen molar-refractivity contribution in [2.24, 2.45) is 5.14 Å². The number of nitrogens with one attached hydrogen (secondary N) is 3. The van der Waals surface area contributed by atoms with Gasteiger partial charge in [-0.05, 0) is 47.5 Å². The number of primary sulfonamides is 1. The Bertz CT molecular complexity index is 1130. The lowest BCUT2D eigenvalue weighted by Crippen LogP contribution is -2.18. The zero-order valence-corrected chi connectivity index (χ0v) is 18.5. The van der Waals surface area contributed by atoms with E-state index < -0.39 is 10.0 Å². The Morgan fingerprint density at radius 3 is 2.32 bits per heavy atom. The molecule has 3 aromatic carbocycles. The van der Waals surface area contributed by atoms with E-state index in [-0.39, 0.29) is 4.90 Å². The number of nitrogens with two attached hydrogens (primary N) is 1. The van der Waals surface area contributed by atoms with Gasteiger partial charge in [0.15, 0.2) is 0 Å². The number of rotatable bonds is 10. The fourth-order valence-electron chi connectivity index (χ4n) is 3.06. The smallest absolute Gasteiger partial charge is 0.240 e. The van der Waals surface area contributed by atoms with E-state index in [0.717, 1.165) is 11.1 Å². The van der Waals surface area contributed by atoms with Crippen LogP contribution in [0.5, 0.6) is 0 Å². The summed E-state index contributed by atoms with van der Waals surface area (Å²) in [5.41, 5.74) is 3.54. The van der Waals surface area contributed by atoms with Crippen LogP contribution in [0.15, 0.2) is 84.3 Å². The first kappa shape index (κ1) is 22.8. The average Bonchev–Trinajstić information content (AvgIpc) is 2.75. The number of anilines is 3. The third-order valence-electron chi connectivity index (χ3n) is 4.53. The Hall–Kier alpha value is -2.84. The van der Waals surface area contributed by atoms with Crippen LogP contribution in [0.2, 0.25) is 5.02 Å². The van der Waals surface area contributed by atoms with Crippen LogP contribution in [-0.2, 0) is 23.1 Å². The molecule has 0 aliphatic rings. The van der Waals surface area contributed by atoms with Crippen molar-refractivity contribution in [1.82, 2.24) is 5.32 Å². The molecular formula is C23H25ClN4O2S. The van der Waals surface area contributed by atoms with Crippen molar-refractivity contribution in [3.8, 4) is 0 Å². The molecule has 0 fully saturated rings. The van der Waals surface area contributed by atoms with Gasteiger partial charge in [-0.1, -0.05) is 48.0 Å². The molecule has 0 spiro atoms. The van der Waals surface area contributed by atoms with E-state index in [9.17, 15) is 8.42 Å². The summed E-state index contributed by atoms with van der Waals surface area (Å²) in [5.74, 6) is 0. The third kappa shape index (κ3) is 6.57. The van der Waals surface area contributed by atoms with E-state index in [1.54, 1.807) is 36.4 Å². The molecule has 0 aliphatic carbocycles. The van der Waals surface area contributed by atoms with Crippen LogP contribution >= 0.6 is 11.6 Å². The van der Waals surface area contributed by atoms with Gasteiger partial charge in [-0.2, -0.15) is 0 Å². The Labute approximate surface area is 188 Å². The number of benzene rings is 3. The van der Waals surface area contributed by atoms with E-state index in [1.807, 2.05) is 36.4 Å². The van der Waals surface area contributed by atoms with Gasteiger partial charge < -0.3 is 16.0 Å². The molecule has 0 saturated heterocycles. The lowest BCUT2D eigenvalue weighted by Gasteiger charge is -2.19. The van der Waals surface area contributed by atoms with E-state index in [4.69, 9.17) is 16.7 Å². The van der Waals surface area contributed by atoms with Crippen molar-refractivity contribution in [3.05, 3.63) is 95.5 Å². The molecule has 0 aliphatic heterocycles. The van der Waals surface area contributed by atoms with Crippen molar-refractivity contribution in [1.29, 1.82) is 0 Å². The van der Waals surface area contributed by atoms with Crippen LogP contribution in [0, 0.1) is 0 Å². The fourth-order valence-corrected chi connectivity index (χ4v) is 3.94. The third-order valence-corrected chi connectivity index (χ3v) is 5.71. The largest absolute Gasteiger partial charge is 0.379 e. The molecule has 0 aromatic heterocycles. The van der Waals surface area contributed by atoms with Gasteiger partial charge in [0.05, 0.1) is 11.4 Å². The first-order chi connectivity index (χ1) is 14.9. The summed E-state index contributed by atoms with van der Waals surface area (Å²) in [6, 6.07) is 20.3. The van der Waals surface area contributed by atoms with Crippen molar-refractivity contribution >= 4 is 38.7 Å². The van der Waals surface area contributed by atoms with E-state index >= 15 is 0 Å². The van der Waals surface area contributed by atoms with Crippen molar-refractivity contribution in [2.45, 2.75) is 18.0 Å². The standard InChI is InChI=1S/C23H25ClN4O2S/c1-2-12-26-15-18-13-21(27-16-17-6-4-3-5-7-17)23(22(14-18)31(25,29)30)28-20-10-8-19(24)9-11-20/h2-11,13-14,26-28H,1,12,15-16H2,(H2,25,29,30). The van der Waals surface area contributed by atoms with Crippen LogP contribution in [0.4, 0.5) is 17.1 Å². The number of sulfonamides is 1. The van der Waals surface area contributed by atoms with Crippen LogP contribution < -0.4 is 21.1 Å².